The van der Waals surface area contributed by atoms with Crippen molar-refractivity contribution in [2.24, 2.45) is 11.7 Å². The molecule has 1 atom stereocenters. The molecule has 0 aliphatic heterocycles. The highest BCUT2D eigenvalue weighted by Crippen LogP contribution is 2.39. The Morgan fingerprint density at radius 2 is 2.24 bits per heavy atom. The van der Waals surface area contributed by atoms with Gasteiger partial charge in [-0.25, -0.2) is 4.79 Å². The molecule has 0 radical (unpaired) electrons. The van der Waals surface area contributed by atoms with Gasteiger partial charge in [0.1, 0.15) is 6.10 Å². The van der Waals surface area contributed by atoms with Gasteiger partial charge >= 0.3 is 6.09 Å². The number of aromatic nitrogens is 1. The van der Waals surface area contributed by atoms with E-state index in [9.17, 15) is 4.79 Å². The first-order chi connectivity index (χ1) is 12.0. The van der Waals surface area contributed by atoms with Gasteiger partial charge in [0, 0.05) is 28.3 Å². The van der Waals surface area contributed by atoms with E-state index < -0.39 is 12.2 Å². The van der Waals surface area contributed by atoms with Crippen LogP contribution in [0.5, 0.6) is 0 Å². The zero-order valence-electron chi connectivity index (χ0n) is 14.4. The number of benzene rings is 1. The van der Waals surface area contributed by atoms with Gasteiger partial charge in [-0.05, 0) is 72.3 Å². The third kappa shape index (κ3) is 4.31. The molecule has 0 bridgehead atoms. The van der Waals surface area contributed by atoms with E-state index in [4.69, 9.17) is 10.5 Å². The van der Waals surface area contributed by atoms with Gasteiger partial charge in [0.15, 0.2) is 0 Å². The Bertz CT molecular complexity index is 790. The molecular formula is C19H22BrN3O2. The molecule has 1 heterocycles. The van der Waals surface area contributed by atoms with E-state index in [1.54, 1.807) is 6.20 Å². The summed E-state index contributed by atoms with van der Waals surface area (Å²) in [6.07, 6.45) is 3.06. The number of nitrogens with one attached hydrogen (secondary N) is 1. The molecule has 25 heavy (non-hydrogen) atoms. The van der Waals surface area contributed by atoms with Crippen molar-refractivity contribution in [3.05, 3.63) is 46.1 Å². The summed E-state index contributed by atoms with van der Waals surface area (Å²) in [6, 6.07) is 7.99. The van der Waals surface area contributed by atoms with Crippen molar-refractivity contribution < 1.29 is 9.53 Å². The lowest BCUT2D eigenvalue weighted by Crippen LogP contribution is -2.17. The summed E-state index contributed by atoms with van der Waals surface area (Å²) >= 11 is 3.59. The highest BCUT2D eigenvalue weighted by atomic mass is 79.9. The number of nitrogens with two attached hydrogens (primary N) is 1. The fraction of sp³-hybridized carbons (Fsp3) is 0.368. The van der Waals surface area contributed by atoms with E-state index in [0.717, 1.165) is 39.1 Å². The fourth-order valence-electron chi connectivity index (χ4n) is 2.91. The minimum atomic E-state index is -0.775. The van der Waals surface area contributed by atoms with Crippen LogP contribution in [0.2, 0.25) is 0 Å². The van der Waals surface area contributed by atoms with Crippen LogP contribution >= 0.6 is 15.9 Å². The molecular weight excluding hydrogens is 382 g/mol. The number of anilines is 1. The zero-order valence-corrected chi connectivity index (χ0v) is 16.0. The Labute approximate surface area is 156 Å². The van der Waals surface area contributed by atoms with Crippen LogP contribution in [-0.4, -0.2) is 17.6 Å². The topological polar surface area (TPSA) is 77.2 Å². The highest BCUT2D eigenvalue weighted by molar-refractivity contribution is 9.10. The average Bonchev–Trinajstić information content (AvgIpc) is 3.37. The van der Waals surface area contributed by atoms with Gasteiger partial charge in [-0.3, -0.25) is 4.98 Å². The number of rotatable bonds is 6. The maximum absolute atomic E-state index is 11.2. The van der Waals surface area contributed by atoms with Gasteiger partial charge in [0.2, 0.25) is 0 Å². The zero-order chi connectivity index (χ0) is 18.0. The average molecular weight is 404 g/mol. The molecule has 2 aromatic rings. The van der Waals surface area contributed by atoms with Gasteiger partial charge in [-0.1, -0.05) is 6.07 Å². The van der Waals surface area contributed by atoms with Crippen molar-refractivity contribution in [3.8, 4) is 11.3 Å². The molecule has 1 saturated carbocycles. The summed E-state index contributed by atoms with van der Waals surface area (Å²) in [5.74, 6) is 0.710. The predicted molar refractivity (Wildman–Crippen MR) is 102 cm³/mol. The largest absolute Gasteiger partial charge is 0.442 e. The van der Waals surface area contributed by atoms with Crippen LogP contribution in [0.15, 0.2) is 34.9 Å². The van der Waals surface area contributed by atoms with E-state index in [2.05, 4.69) is 32.3 Å². The lowest BCUT2D eigenvalue weighted by molar-refractivity contribution is 0.117. The standard InChI is InChI=1S/C19H22BrN3O2/c1-11-8-14(12(2)25-19(21)24)17(23-10-13-5-6-13)15(9-11)18-16(20)4-3-7-22-18/h3-4,7-9,12-13,23H,5-6,10H2,1-2H3,(H2,21,24)/t12-/m1/s1. The van der Waals surface area contributed by atoms with Gasteiger partial charge in [0.25, 0.3) is 0 Å². The molecule has 3 N–H and O–H groups in total. The summed E-state index contributed by atoms with van der Waals surface area (Å²) in [6.45, 7) is 4.75. The molecule has 1 aromatic heterocycles. The van der Waals surface area contributed by atoms with Gasteiger partial charge in [-0.2, -0.15) is 0 Å². The minimum Gasteiger partial charge on any atom is -0.442 e. The van der Waals surface area contributed by atoms with E-state index in [1.165, 1.54) is 12.8 Å². The number of carbonyl (C=O) groups is 1. The molecule has 1 aromatic carbocycles. The van der Waals surface area contributed by atoms with Crippen molar-refractivity contribution in [1.82, 2.24) is 4.98 Å². The molecule has 1 aliphatic rings. The van der Waals surface area contributed by atoms with Crippen molar-refractivity contribution in [2.75, 3.05) is 11.9 Å². The quantitative estimate of drug-likeness (QED) is 0.725. The van der Waals surface area contributed by atoms with Crippen LogP contribution < -0.4 is 11.1 Å². The normalized spacial score (nSPS) is 14.8. The van der Waals surface area contributed by atoms with Gasteiger partial charge < -0.3 is 15.8 Å². The predicted octanol–water partition coefficient (Wildman–Crippen LogP) is 4.80. The van der Waals surface area contributed by atoms with Crippen LogP contribution in [0, 0.1) is 12.8 Å². The Hall–Kier alpha value is -2.08. The molecule has 0 saturated heterocycles. The second kappa shape index (κ2) is 7.44. The molecule has 1 amide bonds. The molecule has 1 fully saturated rings. The molecule has 6 heteroatoms. The number of amides is 1. The van der Waals surface area contributed by atoms with Crippen LogP contribution in [0.25, 0.3) is 11.3 Å². The molecule has 1 aliphatic carbocycles. The Morgan fingerprint density at radius 3 is 2.88 bits per heavy atom. The summed E-state index contributed by atoms with van der Waals surface area (Å²) in [5, 5.41) is 3.56. The van der Waals surface area contributed by atoms with Crippen LogP contribution in [0.4, 0.5) is 10.5 Å². The number of primary amides is 1. The Kier molecular flexibility index (Phi) is 5.27. The van der Waals surface area contributed by atoms with Crippen molar-refractivity contribution in [3.63, 3.8) is 0 Å². The van der Waals surface area contributed by atoms with Gasteiger partial charge in [0.05, 0.1) is 11.4 Å². The first kappa shape index (κ1) is 17.7. The highest BCUT2D eigenvalue weighted by Gasteiger charge is 2.24. The minimum absolute atomic E-state index is 0.444. The van der Waals surface area contributed by atoms with Crippen LogP contribution in [0.3, 0.4) is 0 Å². The summed E-state index contributed by atoms with van der Waals surface area (Å²) in [5.41, 5.74) is 10.00. The smallest absolute Gasteiger partial charge is 0.405 e. The monoisotopic (exact) mass is 403 g/mol. The SMILES string of the molecule is Cc1cc(-c2ncccc2Br)c(NCC2CC2)c([C@@H](C)OC(N)=O)c1. The molecule has 5 nitrogen and oxygen atoms in total. The molecule has 132 valence electrons. The summed E-state index contributed by atoms with van der Waals surface area (Å²) in [4.78, 5) is 15.8. The van der Waals surface area contributed by atoms with Crippen molar-refractivity contribution in [1.29, 1.82) is 0 Å². The molecule has 0 spiro atoms. The number of pyridine rings is 1. The number of carbonyl (C=O) groups excluding carboxylic acids is 1. The van der Waals surface area contributed by atoms with Crippen molar-refractivity contribution in [2.45, 2.75) is 32.8 Å². The number of hydrogen-bond acceptors (Lipinski definition) is 4. The maximum atomic E-state index is 11.2. The Morgan fingerprint density at radius 1 is 1.48 bits per heavy atom. The third-order valence-corrected chi connectivity index (χ3v) is 4.96. The lowest BCUT2D eigenvalue weighted by Gasteiger charge is -2.22. The van der Waals surface area contributed by atoms with Crippen LogP contribution in [0.1, 0.15) is 37.0 Å². The first-order valence-electron chi connectivity index (χ1n) is 8.41. The van der Waals surface area contributed by atoms with E-state index in [0.29, 0.717) is 5.92 Å². The number of nitrogens with zero attached hydrogens (tertiary/aromatic N) is 1. The van der Waals surface area contributed by atoms with E-state index >= 15 is 0 Å². The summed E-state index contributed by atoms with van der Waals surface area (Å²) < 4.78 is 6.16. The van der Waals surface area contributed by atoms with Crippen molar-refractivity contribution >= 4 is 27.7 Å². The van der Waals surface area contributed by atoms with E-state index in [1.807, 2.05) is 32.0 Å². The van der Waals surface area contributed by atoms with Gasteiger partial charge in [-0.15, -0.1) is 0 Å². The van der Waals surface area contributed by atoms with Crippen LogP contribution in [-0.2, 0) is 4.74 Å². The first-order valence-corrected chi connectivity index (χ1v) is 9.20. The second-order valence-corrected chi connectivity index (χ2v) is 7.37. The number of ether oxygens (including phenoxy) is 1. The second-order valence-electron chi connectivity index (χ2n) is 6.51. The third-order valence-electron chi connectivity index (χ3n) is 4.32. The maximum Gasteiger partial charge on any atom is 0.405 e. The number of halogens is 1. The summed E-state index contributed by atoms with van der Waals surface area (Å²) in [7, 11) is 0. The number of aryl methyl sites for hydroxylation is 1. The fourth-order valence-corrected chi connectivity index (χ4v) is 3.38. The Balaban J connectivity index is 2.09. The number of hydrogen-bond donors (Lipinski definition) is 2. The molecule has 0 unspecified atom stereocenters. The lowest BCUT2D eigenvalue weighted by atomic mass is 9.97. The molecule has 3 rings (SSSR count). The van der Waals surface area contributed by atoms with E-state index in [-0.39, 0.29) is 0 Å².